The van der Waals surface area contributed by atoms with Gasteiger partial charge in [0, 0.05) is 6.61 Å². The minimum atomic E-state index is -0.912. The maximum absolute atomic E-state index is 14.1. The Kier molecular flexibility index (Phi) is 6.76. The predicted octanol–water partition coefficient (Wildman–Crippen LogP) is 2.20. The number of esters is 2. The van der Waals surface area contributed by atoms with Crippen LogP contribution in [0.1, 0.15) is 23.2 Å². The Morgan fingerprint density at radius 3 is 2.80 bits per heavy atom. The molecule has 1 atom stereocenters. The van der Waals surface area contributed by atoms with Gasteiger partial charge in [-0.25, -0.2) is 14.0 Å². The van der Waals surface area contributed by atoms with Gasteiger partial charge in [0.25, 0.3) is 0 Å². The SMILES string of the molecule is COC=C(Oc1cccc(F)c1C(=O)OCC1CCCO1)C(=O)OC. The summed E-state index contributed by atoms with van der Waals surface area (Å²) in [5.74, 6) is -3.12. The monoisotopic (exact) mass is 354 g/mol. The lowest BCUT2D eigenvalue weighted by atomic mass is 10.2. The van der Waals surface area contributed by atoms with Crippen molar-refractivity contribution in [2.45, 2.75) is 18.9 Å². The van der Waals surface area contributed by atoms with Gasteiger partial charge >= 0.3 is 11.9 Å². The van der Waals surface area contributed by atoms with E-state index in [0.717, 1.165) is 32.3 Å². The molecule has 1 fully saturated rings. The van der Waals surface area contributed by atoms with Gasteiger partial charge in [-0.3, -0.25) is 0 Å². The van der Waals surface area contributed by atoms with Crippen LogP contribution in [0.5, 0.6) is 5.75 Å². The molecule has 0 amide bonds. The van der Waals surface area contributed by atoms with Crippen molar-refractivity contribution in [3.05, 3.63) is 41.6 Å². The first-order chi connectivity index (χ1) is 12.1. The Labute approximate surface area is 144 Å². The highest BCUT2D eigenvalue weighted by atomic mass is 19.1. The van der Waals surface area contributed by atoms with E-state index in [1.54, 1.807) is 0 Å². The van der Waals surface area contributed by atoms with Gasteiger partial charge in [0.1, 0.15) is 30.0 Å². The number of carbonyl (C=O) groups excluding carboxylic acids is 2. The molecule has 1 aliphatic rings. The summed E-state index contributed by atoms with van der Waals surface area (Å²) in [7, 11) is 2.45. The lowest BCUT2D eigenvalue weighted by Crippen LogP contribution is -2.20. The van der Waals surface area contributed by atoms with Crippen molar-refractivity contribution in [1.29, 1.82) is 0 Å². The average Bonchev–Trinajstić information content (AvgIpc) is 3.12. The lowest BCUT2D eigenvalue weighted by molar-refractivity contribution is -0.138. The molecule has 0 aliphatic carbocycles. The van der Waals surface area contributed by atoms with Crippen LogP contribution in [0.25, 0.3) is 0 Å². The van der Waals surface area contributed by atoms with Crippen molar-refractivity contribution in [3.8, 4) is 5.75 Å². The number of hydrogen-bond donors (Lipinski definition) is 0. The number of rotatable bonds is 7. The molecule has 8 heteroatoms. The minimum Gasteiger partial charge on any atom is -0.500 e. The van der Waals surface area contributed by atoms with Gasteiger partial charge in [0.15, 0.2) is 0 Å². The van der Waals surface area contributed by atoms with Crippen molar-refractivity contribution in [3.63, 3.8) is 0 Å². The van der Waals surface area contributed by atoms with Gasteiger partial charge in [-0.1, -0.05) is 6.07 Å². The molecule has 1 heterocycles. The minimum absolute atomic E-state index is 0.0182. The highest BCUT2D eigenvalue weighted by Crippen LogP contribution is 2.25. The fourth-order valence-electron chi connectivity index (χ4n) is 2.24. The second kappa shape index (κ2) is 9.03. The maximum Gasteiger partial charge on any atom is 0.377 e. The van der Waals surface area contributed by atoms with Gasteiger partial charge in [0.05, 0.1) is 20.3 Å². The molecule has 25 heavy (non-hydrogen) atoms. The molecule has 0 spiro atoms. The van der Waals surface area contributed by atoms with Crippen LogP contribution in [0.4, 0.5) is 4.39 Å². The van der Waals surface area contributed by atoms with Gasteiger partial charge in [-0.05, 0) is 25.0 Å². The van der Waals surface area contributed by atoms with Crippen molar-refractivity contribution >= 4 is 11.9 Å². The number of halogens is 1. The average molecular weight is 354 g/mol. The summed E-state index contributed by atoms with van der Waals surface area (Å²) in [4.78, 5) is 23.9. The zero-order valence-electron chi connectivity index (χ0n) is 14.0. The van der Waals surface area contributed by atoms with Crippen molar-refractivity contribution < 1.29 is 37.7 Å². The Balaban J connectivity index is 2.18. The van der Waals surface area contributed by atoms with Gasteiger partial charge in [0.2, 0.25) is 5.76 Å². The summed E-state index contributed by atoms with van der Waals surface area (Å²) in [5.41, 5.74) is -0.425. The van der Waals surface area contributed by atoms with Gasteiger partial charge in [-0.15, -0.1) is 0 Å². The first-order valence-corrected chi connectivity index (χ1v) is 7.63. The largest absolute Gasteiger partial charge is 0.500 e. The van der Waals surface area contributed by atoms with Crippen LogP contribution in [0.2, 0.25) is 0 Å². The molecule has 0 N–H and O–H groups in total. The topological polar surface area (TPSA) is 80.3 Å². The van der Waals surface area contributed by atoms with E-state index in [2.05, 4.69) is 4.74 Å². The first kappa shape index (κ1) is 18.7. The van der Waals surface area contributed by atoms with E-state index < -0.39 is 23.3 Å². The molecule has 0 aromatic heterocycles. The summed E-state index contributed by atoms with van der Waals surface area (Å²) >= 11 is 0. The third-order valence-corrected chi connectivity index (χ3v) is 3.44. The molecular weight excluding hydrogens is 335 g/mol. The molecule has 0 bridgehead atoms. The Morgan fingerprint density at radius 1 is 1.36 bits per heavy atom. The molecule has 136 valence electrons. The predicted molar refractivity (Wildman–Crippen MR) is 83.4 cm³/mol. The highest BCUT2D eigenvalue weighted by Gasteiger charge is 2.25. The zero-order chi connectivity index (χ0) is 18.2. The van der Waals surface area contributed by atoms with E-state index in [0.29, 0.717) is 6.61 Å². The summed E-state index contributed by atoms with van der Waals surface area (Å²) in [6.45, 7) is 0.630. The number of ether oxygens (including phenoxy) is 5. The number of hydrogen-bond acceptors (Lipinski definition) is 7. The molecule has 0 radical (unpaired) electrons. The van der Waals surface area contributed by atoms with Crippen LogP contribution >= 0.6 is 0 Å². The number of carbonyl (C=O) groups is 2. The van der Waals surface area contributed by atoms with E-state index in [1.807, 2.05) is 0 Å². The standard InChI is InChI=1S/C17H19FO7/c1-21-10-14(16(19)22-2)25-13-7-3-6-12(18)15(13)17(20)24-9-11-5-4-8-23-11/h3,6-7,10-11H,4-5,8-9H2,1-2H3. The normalized spacial score (nSPS) is 17.1. The zero-order valence-corrected chi connectivity index (χ0v) is 14.0. The van der Waals surface area contributed by atoms with Crippen molar-refractivity contribution in [1.82, 2.24) is 0 Å². The fraction of sp³-hybridized carbons (Fsp3) is 0.412. The van der Waals surface area contributed by atoms with Crippen LogP contribution in [-0.2, 0) is 23.7 Å². The molecule has 2 rings (SSSR count). The van der Waals surface area contributed by atoms with Crippen LogP contribution in [0.3, 0.4) is 0 Å². The van der Waals surface area contributed by atoms with Gasteiger partial charge in [-0.2, -0.15) is 0 Å². The van der Waals surface area contributed by atoms with E-state index in [1.165, 1.54) is 19.2 Å². The maximum atomic E-state index is 14.1. The third kappa shape index (κ3) is 4.93. The third-order valence-electron chi connectivity index (χ3n) is 3.44. The second-order valence-electron chi connectivity index (χ2n) is 5.16. The summed E-state index contributed by atoms with van der Waals surface area (Å²) in [6.07, 6.45) is 2.45. The molecule has 0 saturated carbocycles. The van der Waals surface area contributed by atoms with Crippen LogP contribution < -0.4 is 4.74 Å². The molecular formula is C17H19FO7. The number of methoxy groups -OCH3 is 2. The van der Waals surface area contributed by atoms with E-state index >= 15 is 0 Å². The Bertz CT molecular complexity index is 650. The molecule has 1 aliphatic heterocycles. The molecule has 1 aromatic carbocycles. The summed E-state index contributed by atoms with van der Waals surface area (Å²) in [5, 5.41) is 0. The van der Waals surface area contributed by atoms with Gasteiger partial charge < -0.3 is 23.7 Å². The van der Waals surface area contributed by atoms with Crippen molar-refractivity contribution in [2.75, 3.05) is 27.4 Å². The fourth-order valence-corrected chi connectivity index (χ4v) is 2.24. The van der Waals surface area contributed by atoms with Crippen LogP contribution in [0.15, 0.2) is 30.2 Å². The van der Waals surface area contributed by atoms with Crippen LogP contribution in [-0.4, -0.2) is 45.5 Å². The summed E-state index contributed by atoms with van der Waals surface area (Å²) < 4.78 is 39.2. The molecule has 7 nitrogen and oxygen atoms in total. The smallest absolute Gasteiger partial charge is 0.377 e. The quantitative estimate of drug-likeness (QED) is 0.422. The lowest BCUT2D eigenvalue weighted by Gasteiger charge is -2.14. The first-order valence-electron chi connectivity index (χ1n) is 7.63. The van der Waals surface area contributed by atoms with Crippen LogP contribution in [0, 0.1) is 5.82 Å². The molecule has 1 aromatic rings. The number of benzene rings is 1. The van der Waals surface area contributed by atoms with Crippen molar-refractivity contribution in [2.24, 2.45) is 0 Å². The second-order valence-corrected chi connectivity index (χ2v) is 5.16. The highest BCUT2D eigenvalue weighted by molar-refractivity contribution is 5.93. The summed E-state index contributed by atoms with van der Waals surface area (Å²) in [6, 6.07) is 3.76. The Morgan fingerprint density at radius 2 is 2.16 bits per heavy atom. The molecule has 1 unspecified atom stereocenters. The van der Waals surface area contributed by atoms with E-state index in [4.69, 9.17) is 18.9 Å². The van der Waals surface area contributed by atoms with E-state index in [9.17, 15) is 14.0 Å². The Hall–Kier alpha value is -2.61. The van der Waals surface area contributed by atoms with E-state index in [-0.39, 0.29) is 24.2 Å². The molecule has 1 saturated heterocycles.